The number of carbonyl (C=O) groups excluding carboxylic acids is 3. The van der Waals surface area contributed by atoms with Gasteiger partial charge in [0.1, 0.15) is 105 Å². The largest absolute Gasteiger partial charge is 0.445 e. The second-order valence-corrected chi connectivity index (χ2v) is 29.3. The van der Waals surface area contributed by atoms with Gasteiger partial charge in [-0.15, -0.1) is 0 Å². The van der Waals surface area contributed by atoms with Gasteiger partial charge in [-0.3, -0.25) is 4.90 Å². The van der Waals surface area contributed by atoms with Crippen LogP contribution in [0.5, 0.6) is 0 Å². The number of hydrogen-bond donors (Lipinski definition) is 20. The lowest BCUT2D eigenvalue weighted by Gasteiger charge is -2.52. The number of nitrogens with one attached hydrogen (secondary N) is 6. The van der Waals surface area contributed by atoms with Crippen LogP contribution in [0.4, 0.5) is 14.4 Å². The van der Waals surface area contributed by atoms with E-state index < -0.39 is 239 Å². The molecule has 18 unspecified atom stereocenters. The van der Waals surface area contributed by atoms with E-state index in [1.807, 2.05) is 19.2 Å². The first-order valence-corrected chi connectivity index (χ1v) is 35.9. The minimum atomic E-state index is -1.67. The third kappa shape index (κ3) is 17.8. The van der Waals surface area contributed by atoms with Crippen LogP contribution in [0.2, 0.25) is 0 Å². The smallest absolute Gasteiger partial charge is 0.410 e. The van der Waals surface area contributed by atoms with Crippen LogP contribution in [-0.4, -0.2) is 359 Å². The minimum absolute atomic E-state index is 0.0211. The van der Waals surface area contributed by atoms with Crippen molar-refractivity contribution in [2.24, 2.45) is 23.1 Å². The number of ether oxygens (including phenoxy) is 13. The summed E-state index contributed by atoms with van der Waals surface area (Å²) in [6.07, 6.45) is -30.5. The first-order chi connectivity index (χ1) is 50.3. The molecule has 2 saturated carbocycles. The zero-order chi connectivity index (χ0) is 74.8. The van der Waals surface area contributed by atoms with Crippen molar-refractivity contribution in [3.8, 4) is 0 Å². The number of fused-ring (bicyclic) bond motifs is 4. The Bertz CT molecular complexity index is 3110. The van der Waals surface area contributed by atoms with E-state index in [1.165, 1.54) is 11.9 Å². The number of rotatable bonds is 21. The van der Waals surface area contributed by atoms with Crippen molar-refractivity contribution in [1.29, 1.82) is 0 Å². The van der Waals surface area contributed by atoms with E-state index in [0.29, 0.717) is 13.1 Å². The van der Waals surface area contributed by atoms with Crippen LogP contribution < -0.4 is 49.1 Å². The monoisotopic (exact) mass is 1500 g/mol. The quantitative estimate of drug-likeness (QED) is 0.0516. The van der Waals surface area contributed by atoms with E-state index in [2.05, 4.69) is 36.8 Å². The SMILES string of the molecule is CC1C[C@@H]2OC(O[C@H]3OC(CO)[C@@H](NC4CNC4)[C@H](O)C3O)C3C(OC(=O)N3C)C2O[C@@H]1O[C@@H]1C(NC(=O)OCc2ccccc2)C[C@@H](NC(=O)OCc2ccccc2)C(O)[C@H]1O.CNC1C(O[C@H]2OC(CO)[C@@H](NC3CN(C)C3)[C@H](O)C2O)O[C@H]2CC(N)[C@@H](O[C@@H]3C(N)C[C@@H](N)C(O)[C@H]3O)OC2C1O. The molecule has 2 aliphatic carbocycles. The second-order valence-electron chi connectivity index (χ2n) is 29.3. The Morgan fingerprint density at radius 2 is 1.06 bits per heavy atom. The van der Waals surface area contributed by atoms with Crippen molar-refractivity contribution in [2.45, 2.75) is 260 Å². The molecule has 34 atom stereocenters. The third-order valence-electron chi connectivity index (χ3n) is 21.8. The molecule has 23 N–H and O–H groups in total. The molecule has 2 aromatic rings. The first-order valence-electron chi connectivity index (χ1n) is 35.9. The van der Waals surface area contributed by atoms with Crippen molar-refractivity contribution in [3.05, 3.63) is 71.8 Å². The molecule has 0 bridgehead atoms. The summed E-state index contributed by atoms with van der Waals surface area (Å²) in [6.45, 7) is 3.63. The van der Waals surface area contributed by atoms with Gasteiger partial charge in [0.15, 0.2) is 43.8 Å². The summed E-state index contributed by atoms with van der Waals surface area (Å²) in [5.74, 6) is -0.470. The summed E-state index contributed by atoms with van der Waals surface area (Å²) in [5.41, 5.74) is 19.8. The maximum absolute atomic E-state index is 13.2. The molecule has 11 fully saturated rings. The highest BCUT2D eigenvalue weighted by Gasteiger charge is 2.62. The molecule has 3 amide bonds. The van der Waals surface area contributed by atoms with Gasteiger partial charge in [-0.1, -0.05) is 67.6 Å². The van der Waals surface area contributed by atoms with Gasteiger partial charge >= 0.3 is 18.3 Å². The number of likely N-dealkylation sites (N-methyl/N-ethyl adjacent to an activating group) is 3. The average Bonchev–Trinajstić information content (AvgIpc) is 1.27. The number of nitrogens with zero attached hydrogens (tertiary/aromatic N) is 2. The van der Waals surface area contributed by atoms with Gasteiger partial charge in [-0.05, 0) is 50.9 Å². The van der Waals surface area contributed by atoms with Crippen LogP contribution in [0.1, 0.15) is 43.7 Å². The van der Waals surface area contributed by atoms with Crippen molar-refractivity contribution in [3.63, 3.8) is 0 Å². The molecule has 0 radical (unpaired) electrons. The van der Waals surface area contributed by atoms with Crippen LogP contribution in [0.25, 0.3) is 0 Å². The van der Waals surface area contributed by atoms with Crippen LogP contribution in [-0.2, 0) is 74.8 Å². The summed E-state index contributed by atoms with van der Waals surface area (Å²) in [7, 11) is 5.03. The predicted octanol–water partition coefficient (Wildman–Crippen LogP) is -8.24. The fraction of sp³-hybridized carbons (Fsp3) is 0.776. The normalized spacial score (nSPS) is 44.4. The Morgan fingerprint density at radius 3 is 1.62 bits per heavy atom. The Balaban J connectivity index is 0.000000214. The van der Waals surface area contributed by atoms with Crippen LogP contribution in [0, 0.1) is 5.92 Å². The van der Waals surface area contributed by atoms with Gasteiger partial charge in [-0.2, -0.15) is 0 Å². The first kappa shape index (κ1) is 79.6. The lowest BCUT2D eigenvalue weighted by atomic mass is 9.83. The maximum Gasteiger partial charge on any atom is 0.410 e. The Hall–Kier alpha value is -4.91. The van der Waals surface area contributed by atoms with Crippen LogP contribution in [0.15, 0.2) is 60.7 Å². The van der Waals surface area contributed by atoms with Gasteiger partial charge in [0.2, 0.25) is 0 Å². The molecule has 13 rings (SSSR count). The van der Waals surface area contributed by atoms with E-state index in [0.717, 1.165) is 24.2 Å². The van der Waals surface area contributed by atoms with E-state index in [1.54, 1.807) is 62.5 Å². The van der Waals surface area contributed by atoms with Crippen molar-refractivity contribution < 1.29 is 132 Å². The summed E-state index contributed by atoms with van der Waals surface area (Å²) in [6, 6.07) is 10.5. The highest BCUT2D eigenvalue weighted by molar-refractivity contribution is 5.71. The summed E-state index contributed by atoms with van der Waals surface area (Å²) >= 11 is 0. The molecule has 0 aromatic heterocycles. The summed E-state index contributed by atoms with van der Waals surface area (Å²) in [5, 5.41) is 137. The van der Waals surface area contributed by atoms with Gasteiger partial charge in [0.25, 0.3) is 0 Å². The van der Waals surface area contributed by atoms with E-state index in [9.17, 15) is 70.6 Å². The highest BCUT2D eigenvalue weighted by Crippen LogP contribution is 2.43. The van der Waals surface area contributed by atoms with Gasteiger partial charge < -0.3 is 172 Å². The molecule has 38 nitrogen and oxygen atoms in total. The lowest BCUT2D eigenvalue weighted by Crippen LogP contribution is -2.71. The maximum atomic E-state index is 13.2. The standard InChI is InChI=1S/C42H57N5O16.C25H48N6O11/c1-20-13-26-35(36-29(47(2)42(55)62-36)38(58-26)63-39-33(52)31(50)28(27(17-48)59-39)44-23-15-43-16-23)61-37(20)60-34-25(46-41(54)57-19-22-11-7-4-8-12-22)14-24(30(49)32(34)51)45-40(53)56-18-21-9-5-3-6-10-21;1-29-15-18(35)22-12(4-11(28)23(41-22)40-21-10(27)3-9(26)16(33)19(21)36)38-24(15)42-25-20(37)17(34)14(13(7-32)39-25)30-8-5-31(2)6-8/h3-12,20,23-39,43-44,48-52H,13-19H2,1-2H3,(H,45,53)(H,46,54);8-25,29-30,32-37H,3-7,26-28H2,1-2H3/t20?,24-,25?,26+,27?,28-,29?,30?,31+,32-,33?,34-,35?,36?,37+,38?,39-;9-,10?,11?,12+,13?,14-,15?,16?,17+,18?,19-,20?,21-,22?,23+,24?,25-/m11/s1. The third-order valence-corrected chi connectivity index (χ3v) is 21.8. The molecular weight excluding hydrogens is 1390 g/mol. The molecule has 9 aliphatic heterocycles. The summed E-state index contributed by atoms with van der Waals surface area (Å²) in [4.78, 5) is 42.6. The zero-order valence-corrected chi connectivity index (χ0v) is 58.6. The number of amides is 3. The molecule has 38 heteroatoms. The van der Waals surface area contributed by atoms with Crippen molar-refractivity contribution in [2.75, 3.05) is 60.5 Å². The second kappa shape index (κ2) is 35.0. The number of aliphatic hydroxyl groups excluding tert-OH is 11. The van der Waals surface area contributed by atoms with Crippen LogP contribution in [0.3, 0.4) is 0 Å². The predicted molar refractivity (Wildman–Crippen MR) is 357 cm³/mol. The van der Waals surface area contributed by atoms with Gasteiger partial charge in [0, 0.05) is 63.3 Å². The molecule has 105 heavy (non-hydrogen) atoms. The Kier molecular flexibility index (Phi) is 26.5. The fourth-order valence-electron chi connectivity index (χ4n) is 15.7. The molecule has 2 aromatic carbocycles. The molecule has 11 aliphatic rings. The zero-order valence-electron chi connectivity index (χ0n) is 58.6. The number of nitrogens with two attached hydrogens (primary N) is 3. The number of likely N-dealkylation sites (tertiary alicyclic amines) is 1. The number of alkyl carbamates (subject to hydrolysis) is 2. The highest BCUT2D eigenvalue weighted by atomic mass is 16.8. The number of aliphatic hydroxyl groups is 11. The molecule has 9 saturated heterocycles. The number of benzene rings is 2. The lowest BCUT2D eigenvalue weighted by molar-refractivity contribution is -0.376. The van der Waals surface area contributed by atoms with Gasteiger partial charge in [-0.25, -0.2) is 14.4 Å². The molecular formula is C67H105N11O27. The Labute approximate surface area is 605 Å². The topological polar surface area (TPSA) is 550 Å². The van der Waals surface area contributed by atoms with Crippen molar-refractivity contribution in [1.82, 2.24) is 41.7 Å². The van der Waals surface area contributed by atoms with Crippen LogP contribution >= 0.6 is 0 Å². The molecule has 0 spiro atoms. The fourth-order valence-corrected chi connectivity index (χ4v) is 15.7. The molecule has 590 valence electrons. The van der Waals surface area contributed by atoms with E-state index in [4.69, 9.17) is 78.8 Å². The number of hydrogen-bond acceptors (Lipinski definition) is 35. The molecule has 9 heterocycles. The van der Waals surface area contributed by atoms with E-state index >= 15 is 0 Å². The Morgan fingerprint density at radius 1 is 0.524 bits per heavy atom. The number of carbonyl (C=O) groups is 3. The van der Waals surface area contributed by atoms with Gasteiger partial charge in [0.05, 0.1) is 67.8 Å². The average molecular weight is 1500 g/mol. The van der Waals surface area contributed by atoms with Crippen molar-refractivity contribution >= 4 is 18.3 Å². The minimum Gasteiger partial charge on any atom is -0.445 e. The van der Waals surface area contributed by atoms with E-state index in [-0.39, 0.29) is 51.0 Å². The summed E-state index contributed by atoms with van der Waals surface area (Å²) < 4.78 is 78.1.